The van der Waals surface area contributed by atoms with Gasteiger partial charge in [0.15, 0.2) is 0 Å². The topological polar surface area (TPSA) is 80.5 Å². The second kappa shape index (κ2) is 7.85. The zero-order valence-corrected chi connectivity index (χ0v) is 14.7. The van der Waals surface area contributed by atoms with Crippen LogP contribution in [0, 0.1) is 11.3 Å². The molecule has 1 aromatic heterocycles. The molecule has 132 valence electrons. The van der Waals surface area contributed by atoms with Crippen LogP contribution >= 0.6 is 11.6 Å². The Kier molecular flexibility index (Phi) is 5.57. The number of nitriles is 1. The van der Waals surface area contributed by atoms with Gasteiger partial charge in [0.05, 0.1) is 22.8 Å². The number of allylic oxidation sites excluding steroid dienone is 1. The molecule has 0 bridgehead atoms. The first-order valence-electron chi connectivity index (χ1n) is 8.53. The van der Waals surface area contributed by atoms with Gasteiger partial charge in [-0.2, -0.15) is 5.26 Å². The van der Waals surface area contributed by atoms with Crippen LogP contribution in [0.5, 0.6) is 0 Å². The van der Waals surface area contributed by atoms with Crippen LogP contribution in [0.3, 0.4) is 0 Å². The van der Waals surface area contributed by atoms with Crippen LogP contribution in [0.1, 0.15) is 31.2 Å². The van der Waals surface area contributed by atoms with Crippen LogP contribution in [0.4, 0.5) is 4.79 Å². The number of hydrogen-bond donors (Lipinski definition) is 1. The number of halogens is 1. The van der Waals surface area contributed by atoms with Gasteiger partial charge >= 0.3 is 6.03 Å². The quantitative estimate of drug-likeness (QED) is 0.781. The van der Waals surface area contributed by atoms with Crippen molar-refractivity contribution < 1.29 is 9.90 Å². The number of aliphatic hydroxyl groups is 1. The molecule has 3 rings (SSSR count). The second-order valence-electron chi connectivity index (χ2n) is 6.47. The fourth-order valence-electron chi connectivity index (χ4n) is 3.37. The lowest BCUT2D eigenvalue weighted by atomic mass is 9.95. The molecule has 1 aromatic rings. The first kappa shape index (κ1) is 17.7. The van der Waals surface area contributed by atoms with Crippen molar-refractivity contribution in [3.8, 4) is 6.07 Å². The first-order valence-corrected chi connectivity index (χ1v) is 8.91. The molecule has 2 fully saturated rings. The monoisotopic (exact) mass is 360 g/mol. The lowest BCUT2D eigenvalue weighted by molar-refractivity contribution is 0.0803. The summed E-state index contributed by atoms with van der Waals surface area (Å²) in [4.78, 5) is 20.3. The van der Waals surface area contributed by atoms with Crippen LogP contribution in [-0.4, -0.2) is 58.2 Å². The third-order valence-corrected chi connectivity index (χ3v) is 5.04. The molecule has 25 heavy (non-hydrogen) atoms. The summed E-state index contributed by atoms with van der Waals surface area (Å²) in [6.07, 6.45) is 5.55. The normalized spacial score (nSPS) is 18.8. The molecule has 2 saturated heterocycles. The number of amides is 2. The standard InChI is InChI=1S/C18H21ClN4O2/c19-15-9-14(11-21-12-15)17(10-20)13-1-5-22(6-2-13)18(25)23-7-3-16(24)4-8-23/h9,11-12,16,24H,1-8H2. The molecule has 0 aromatic carbocycles. The molecule has 7 heteroatoms. The maximum absolute atomic E-state index is 12.6. The highest BCUT2D eigenvalue weighted by molar-refractivity contribution is 6.30. The number of likely N-dealkylation sites (tertiary alicyclic amines) is 2. The van der Waals surface area contributed by atoms with Crippen LogP contribution in [0.25, 0.3) is 5.57 Å². The summed E-state index contributed by atoms with van der Waals surface area (Å²) < 4.78 is 0. The summed E-state index contributed by atoms with van der Waals surface area (Å²) in [5, 5.41) is 19.6. The summed E-state index contributed by atoms with van der Waals surface area (Å²) in [5.41, 5.74) is 2.39. The Hall–Kier alpha value is -2.10. The van der Waals surface area contributed by atoms with E-state index in [0.717, 1.165) is 11.1 Å². The van der Waals surface area contributed by atoms with Gasteiger partial charge in [-0.25, -0.2) is 4.79 Å². The smallest absolute Gasteiger partial charge is 0.320 e. The van der Waals surface area contributed by atoms with Crippen molar-refractivity contribution >= 4 is 23.2 Å². The van der Waals surface area contributed by atoms with Gasteiger partial charge in [-0.05, 0) is 37.3 Å². The molecule has 1 N–H and O–H groups in total. The van der Waals surface area contributed by atoms with Gasteiger partial charge in [0.1, 0.15) is 0 Å². The molecule has 2 amide bonds. The largest absolute Gasteiger partial charge is 0.393 e. The third kappa shape index (κ3) is 4.12. The molecule has 2 aliphatic heterocycles. The lowest BCUT2D eigenvalue weighted by Crippen LogP contribution is -2.49. The number of pyridine rings is 1. The van der Waals surface area contributed by atoms with E-state index in [1.807, 2.05) is 9.80 Å². The summed E-state index contributed by atoms with van der Waals surface area (Å²) in [6, 6.07) is 4.05. The van der Waals surface area contributed by atoms with Crippen LogP contribution in [-0.2, 0) is 0 Å². The lowest BCUT2D eigenvalue weighted by Gasteiger charge is -2.36. The molecular formula is C18H21ClN4O2. The fourth-order valence-corrected chi connectivity index (χ4v) is 3.55. The average Bonchev–Trinajstić information content (AvgIpc) is 2.63. The van der Waals surface area contributed by atoms with Crippen LogP contribution in [0.2, 0.25) is 5.02 Å². The van der Waals surface area contributed by atoms with Gasteiger partial charge < -0.3 is 14.9 Å². The van der Waals surface area contributed by atoms with Crippen molar-refractivity contribution in [2.24, 2.45) is 0 Å². The van der Waals surface area contributed by atoms with E-state index in [1.54, 1.807) is 18.5 Å². The van der Waals surface area contributed by atoms with Crippen LogP contribution < -0.4 is 0 Å². The fraction of sp³-hybridized carbons (Fsp3) is 0.500. The van der Waals surface area contributed by atoms with E-state index in [0.29, 0.717) is 62.5 Å². The van der Waals surface area contributed by atoms with Crippen molar-refractivity contribution in [2.75, 3.05) is 26.2 Å². The minimum Gasteiger partial charge on any atom is -0.393 e. The highest BCUT2D eigenvalue weighted by Crippen LogP contribution is 2.28. The number of aromatic nitrogens is 1. The number of piperidine rings is 2. The molecule has 0 atom stereocenters. The Balaban J connectivity index is 1.66. The summed E-state index contributed by atoms with van der Waals surface area (Å²) in [7, 11) is 0. The minimum absolute atomic E-state index is 0.0360. The first-order chi connectivity index (χ1) is 12.1. The van der Waals surface area contributed by atoms with E-state index in [-0.39, 0.29) is 12.1 Å². The van der Waals surface area contributed by atoms with Gasteiger partial charge in [0, 0.05) is 44.1 Å². The van der Waals surface area contributed by atoms with Gasteiger partial charge in [0.2, 0.25) is 0 Å². The minimum atomic E-state index is -0.288. The molecule has 0 spiro atoms. The molecule has 0 saturated carbocycles. The summed E-state index contributed by atoms with van der Waals surface area (Å²) in [6.45, 7) is 2.42. The van der Waals surface area contributed by atoms with Gasteiger partial charge in [-0.15, -0.1) is 0 Å². The van der Waals surface area contributed by atoms with Crippen molar-refractivity contribution in [3.05, 3.63) is 34.6 Å². The number of nitrogens with zero attached hydrogens (tertiary/aromatic N) is 4. The maximum Gasteiger partial charge on any atom is 0.320 e. The number of urea groups is 1. The predicted octanol–water partition coefficient (Wildman–Crippen LogP) is 2.68. The van der Waals surface area contributed by atoms with Crippen molar-refractivity contribution in [3.63, 3.8) is 0 Å². The highest BCUT2D eigenvalue weighted by Gasteiger charge is 2.28. The summed E-state index contributed by atoms with van der Waals surface area (Å²) >= 11 is 5.98. The Bertz CT molecular complexity index is 710. The van der Waals surface area contributed by atoms with E-state index in [2.05, 4.69) is 11.1 Å². The van der Waals surface area contributed by atoms with Gasteiger partial charge in [0.25, 0.3) is 0 Å². The zero-order chi connectivity index (χ0) is 17.8. The molecule has 0 unspecified atom stereocenters. The van der Waals surface area contributed by atoms with Crippen LogP contribution in [0.15, 0.2) is 24.0 Å². The molecule has 0 radical (unpaired) electrons. The van der Waals surface area contributed by atoms with E-state index in [1.165, 1.54) is 0 Å². The molecular weight excluding hydrogens is 340 g/mol. The zero-order valence-electron chi connectivity index (χ0n) is 14.0. The molecule has 0 aliphatic carbocycles. The summed E-state index contributed by atoms with van der Waals surface area (Å²) in [5.74, 6) is 0. The van der Waals surface area contributed by atoms with E-state index in [9.17, 15) is 15.2 Å². The van der Waals surface area contributed by atoms with E-state index < -0.39 is 0 Å². The molecule has 2 aliphatic rings. The number of aliphatic hydroxyl groups excluding tert-OH is 1. The molecule has 6 nitrogen and oxygen atoms in total. The van der Waals surface area contributed by atoms with Crippen molar-refractivity contribution in [1.82, 2.24) is 14.8 Å². The number of rotatable bonds is 1. The SMILES string of the molecule is N#CC(=C1CCN(C(=O)N2CCC(O)CC2)CC1)c1cncc(Cl)c1. The van der Waals surface area contributed by atoms with E-state index >= 15 is 0 Å². The Morgan fingerprint density at radius 1 is 1.20 bits per heavy atom. The average molecular weight is 361 g/mol. The Morgan fingerprint density at radius 3 is 2.44 bits per heavy atom. The number of carbonyl (C=O) groups is 1. The maximum atomic E-state index is 12.6. The number of carbonyl (C=O) groups excluding carboxylic acids is 1. The van der Waals surface area contributed by atoms with Crippen molar-refractivity contribution in [2.45, 2.75) is 31.8 Å². The highest BCUT2D eigenvalue weighted by atomic mass is 35.5. The third-order valence-electron chi connectivity index (χ3n) is 4.83. The predicted molar refractivity (Wildman–Crippen MR) is 94.8 cm³/mol. The Morgan fingerprint density at radius 2 is 1.84 bits per heavy atom. The molecule has 3 heterocycles. The van der Waals surface area contributed by atoms with Gasteiger partial charge in [-0.1, -0.05) is 11.6 Å². The Labute approximate surface area is 152 Å². The van der Waals surface area contributed by atoms with E-state index in [4.69, 9.17) is 11.6 Å². The second-order valence-corrected chi connectivity index (χ2v) is 6.91. The number of hydrogen-bond acceptors (Lipinski definition) is 4. The van der Waals surface area contributed by atoms with Gasteiger partial charge in [-0.3, -0.25) is 4.98 Å². The van der Waals surface area contributed by atoms with Crippen molar-refractivity contribution in [1.29, 1.82) is 5.26 Å².